The molecule has 0 saturated heterocycles. The number of nitrogens with two attached hydrogens (primary N) is 2. The van der Waals surface area contributed by atoms with E-state index in [1.54, 1.807) is 12.1 Å². The van der Waals surface area contributed by atoms with Crippen LogP contribution in [-0.4, -0.2) is 62.9 Å². The summed E-state index contributed by atoms with van der Waals surface area (Å²) in [6, 6.07) is 8.18. The largest absolute Gasteiger partial charge is 0.780 e. The first kappa shape index (κ1) is 31.8. The third-order valence-corrected chi connectivity index (χ3v) is 5.36. The molecule has 2 aromatic rings. The van der Waals surface area contributed by atoms with Gasteiger partial charge >= 0.3 is 0 Å². The number of nitro groups is 1. The summed E-state index contributed by atoms with van der Waals surface area (Å²) in [6.07, 6.45) is 1.19. The fourth-order valence-corrected chi connectivity index (χ4v) is 2.56. The van der Waals surface area contributed by atoms with Crippen molar-refractivity contribution in [1.29, 1.82) is 0 Å². The van der Waals surface area contributed by atoms with E-state index in [1.807, 2.05) is 13.8 Å². The lowest BCUT2D eigenvalue weighted by molar-refractivity contribution is -0.383. The second kappa shape index (κ2) is 14.3. The topological polar surface area (TPSA) is 249 Å². The zero-order chi connectivity index (χ0) is 26.6. The lowest BCUT2D eigenvalue weighted by Gasteiger charge is -2.29. The Hall–Kier alpha value is -2.19. The van der Waals surface area contributed by atoms with Gasteiger partial charge in [0.25, 0.3) is 5.69 Å². The second-order valence-electron chi connectivity index (χ2n) is 7.49. The Morgan fingerprint density at radius 1 is 0.882 bits per heavy atom. The van der Waals surface area contributed by atoms with Crippen LogP contribution in [0, 0.1) is 10.1 Å². The zero-order valence-electron chi connectivity index (χ0n) is 19.0. The highest BCUT2D eigenvalue weighted by Gasteiger charge is 2.19. The van der Waals surface area contributed by atoms with Crippen molar-refractivity contribution in [3.8, 4) is 5.75 Å². The molecule has 13 nitrogen and oxygen atoms in total. The number of phosphoric ester groups is 1. The van der Waals surface area contributed by atoms with Gasteiger partial charge in [-0.1, -0.05) is 32.0 Å². The summed E-state index contributed by atoms with van der Waals surface area (Å²) in [7, 11) is -5.20. The number of hydrogen-bond acceptors (Lipinski definition) is 12. The van der Waals surface area contributed by atoms with Crippen molar-refractivity contribution in [3.63, 3.8) is 0 Å². The van der Waals surface area contributed by atoms with E-state index < -0.39 is 23.8 Å². The molecule has 14 heteroatoms. The molecule has 0 atom stereocenters. The highest BCUT2D eigenvalue weighted by atomic mass is 31.2. The standard InChI is InChI=1S/C10H8NO6P.2C5H13NO2/c12-11(13)9-5-6-10(17-18(14,15)16)8-4-2-1-3-7(8)9;2*1-2-5(6,3-7)4-8/h1-6H,(H2,14,15,16);2*7-8H,2-4,6H2,1H3/p-2. The van der Waals surface area contributed by atoms with Crippen molar-refractivity contribution in [2.45, 2.75) is 37.8 Å². The van der Waals surface area contributed by atoms with E-state index in [1.165, 1.54) is 12.1 Å². The van der Waals surface area contributed by atoms with Gasteiger partial charge in [-0.05, 0) is 25.0 Å². The predicted molar refractivity (Wildman–Crippen MR) is 122 cm³/mol. The number of fused-ring (bicyclic) bond motifs is 1. The van der Waals surface area contributed by atoms with Crippen molar-refractivity contribution in [3.05, 3.63) is 46.5 Å². The van der Waals surface area contributed by atoms with E-state index >= 15 is 0 Å². The van der Waals surface area contributed by atoms with Crippen LogP contribution in [0.2, 0.25) is 0 Å². The van der Waals surface area contributed by atoms with Crippen LogP contribution in [0.4, 0.5) is 5.69 Å². The Kier molecular flexibility index (Phi) is 13.3. The lowest BCUT2D eigenvalue weighted by Crippen LogP contribution is -2.46. The smallest absolute Gasteiger partial charge is 0.277 e. The highest BCUT2D eigenvalue weighted by Crippen LogP contribution is 2.38. The van der Waals surface area contributed by atoms with Gasteiger partial charge in [0.1, 0.15) is 13.6 Å². The van der Waals surface area contributed by atoms with Gasteiger partial charge in [0.05, 0.1) is 47.8 Å². The maximum Gasteiger partial charge on any atom is 0.277 e. The molecular formula is C20H32N3O10P-2. The molecule has 0 radical (unpaired) electrons. The molecule has 0 bridgehead atoms. The van der Waals surface area contributed by atoms with Crippen LogP contribution in [0.1, 0.15) is 26.7 Å². The number of non-ortho nitro benzene ring substituents is 1. The summed E-state index contributed by atoms with van der Waals surface area (Å²) in [5.74, 6) is -0.218. The molecule has 0 heterocycles. The van der Waals surface area contributed by atoms with E-state index in [0.29, 0.717) is 12.8 Å². The molecule has 34 heavy (non-hydrogen) atoms. The summed E-state index contributed by atoms with van der Waals surface area (Å²) in [5, 5.41) is 45.2. The van der Waals surface area contributed by atoms with Crippen molar-refractivity contribution < 1.29 is 44.2 Å². The monoisotopic (exact) mass is 505 g/mol. The maximum atomic E-state index is 10.8. The minimum atomic E-state index is -5.20. The van der Waals surface area contributed by atoms with Crippen molar-refractivity contribution in [1.82, 2.24) is 0 Å². The van der Waals surface area contributed by atoms with Gasteiger partial charge in [0.15, 0.2) is 0 Å². The first-order valence-corrected chi connectivity index (χ1v) is 11.6. The molecule has 0 spiro atoms. The van der Waals surface area contributed by atoms with Crippen molar-refractivity contribution >= 4 is 24.3 Å². The van der Waals surface area contributed by atoms with Gasteiger partial charge in [-0.3, -0.25) is 10.1 Å². The SMILES string of the molecule is CCC(N)(CO)CO.CCC(N)(CO)CO.O=[N+]([O-])c1ccc(OP(=O)([O-])[O-])c2ccccc12. The number of nitro benzene ring substituents is 1. The van der Waals surface area contributed by atoms with E-state index in [0.717, 1.165) is 12.1 Å². The number of aliphatic hydroxyl groups excluding tert-OH is 4. The quantitative estimate of drug-likeness (QED) is 0.138. The molecular weight excluding hydrogens is 473 g/mol. The Balaban J connectivity index is 0.000000570. The Bertz CT molecular complexity index is 911. The lowest BCUT2D eigenvalue weighted by atomic mass is 10.0. The summed E-state index contributed by atoms with van der Waals surface area (Å²) in [5.41, 5.74) is 9.07. The third kappa shape index (κ3) is 10.4. The molecule has 0 amide bonds. The summed E-state index contributed by atoms with van der Waals surface area (Å²) < 4.78 is 14.9. The number of benzene rings is 2. The van der Waals surface area contributed by atoms with E-state index in [9.17, 15) is 24.5 Å². The van der Waals surface area contributed by atoms with Crippen LogP contribution < -0.4 is 25.8 Å². The average molecular weight is 505 g/mol. The van der Waals surface area contributed by atoms with Crippen molar-refractivity contribution in [2.24, 2.45) is 11.5 Å². The number of phosphoric acid groups is 1. The van der Waals surface area contributed by atoms with Gasteiger partial charge in [-0.2, -0.15) is 0 Å². The van der Waals surface area contributed by atoms with Gasteiger partial charge in [0, 0.05) is 11.5 Å². The van der Waals surface area contributed by atoms with Crippen LogP contribution >= 0.6 is 7.82 Å². The molecule has 0 fully saturated rings. The minimum absolute atomic E-state index is 0.153. The van der Waals surface area contributed by atoms with E-state index in [4.69, 9.17) is 31.9 Å². The fraction of sp³-hybridized carbons (Fsp3) is 0.500. The number of nitrogens with zero attached hydrogens (tertiary/aromatic N) is 1. The Morgan fingerprint density at radius 3 is 1.59 bits per heavy atom. The molecule has 2 rings (SSSR count). The van der Waals surface area contributed by atoms with Gasteiger partial charge in [0.2, 0.25) is 0 Å². The third-order valence-electron chi connectivity index (χ3n) is 4.94. The number of rotatable bonds is 9. The molecule has 0 aliphatic rings. The predicted octanol–water partition coefficient (Wildman–Crippen LogP) is -0.887. The number of hydrogen-bond donors (Lipinski definition) is 6. The summed E-state index contributed by atoms with van der Waals surface area (Å²) >= 11 is 0. The average Bonchev–Trinajstić information content (AvgIpc) is 2.83. The normalized spacial score (nSPS) is 11.7. The van der Waals surface area contributed by atoms with Gasteiger partial charge in [-0.25, -0.2) is 0 Å². The van der Waals surface area contributed by atoms with E-state index in [-0.39, 0.29) is 48.6 Å². The van der Waals surface area contributed by atoms with Crippen LogP contribution in [0.15, 0.2) is 36.4 Å². The van der Waals surface area contributed by atoms with Crippen LogP contribution in [0.3, 0.4) is 0 Å². The molecule has 0 unspecified atom stereocenters. The summed E-state index contributed by atoms with van der Waals surface area (Å²) in [4.78, 5) is 31.4. The van der Waals surface area contributed by atoms with Crippen molar-refractivity contribution in [2.75, 3.05) is 26.4 Å². The van der Waals surface area contributed by atoms with Crippen LogP contribution in [0.25, 0.3) is 10.8 Å². The zero-order valence-corrected chi connectivity index (χ0v) is 19.9. The molecule has 0 aliphatic carbocycles. The molecule has 0 saturated carbocycles. The Labute approximate surface area is 197 Å². The number of aliphatic hydroxyl groups is 4. The molecule has 0 aromatic heterocycles. The first-order valence-electron chi connectivity index (χ1n) is 10.1. The van der Waals surface area contributed by atoms with Crippen LogP contribution in [0.5, 0.6) is 5.75 Å². The first-order chi connectivity index (χ1) is 15.7. The van der Waals surface area contributed by atoms with Gasteiger partial charge in [-0.15, -0.1) is 0 Å². The fourth-order valence-electron chi connectivity index (χ4n) is 2.16. The molecule has 194 valence electrons. The minimum Gasteiger partial charge on any atom is -0.780 e. The maximum absolute atomic E-state index is 10.8. The summed E-state index contributed by atoms with van der Waals surface area (Å²) in [6.45, 7) is 3.04. The molecule has 2 aromatic carbocycles. The molecule has 0 aliphatic heterocycles. The van der Waals surface area contributed by atoms with E-state index in [2.05, 4.69) is 4.52 Å². The second-order valence-corrected chi connectivity index (χ2v) is 8.57. The van der Waals surface area contributed by atoms with Gasteiger partial charge < -0.3 is 50.8 Å². The molecule has 8 N–H and O–H groups in total. The van der Waals surface area contributed by atoms with Crippen LogP contribution in [-0.2, 0) is 4.57 Å². The Morgan fingerprint density at radius 2 is 1.29 bits per heavy atom. The highest BCUT2D eigenvalue weighted by molar-refractivity contribution is 7.43.